The molecule has 0 aromatic heterocycles. The average molecular weight is 554 g/mol. The SMILES string of the molecule is CC(OCC1C(C2C(C)C2(Cl)Cl)C1(Cl)Cl)OCC1C(C2C(C)C2(Cl)Cl)C1(Cl)Cl. The first-order valence-corrected chi connectivity index (χ1v) is 12.4. The maximum absolute atomic E-state index is 6.43. The van der Waals surface area contributed by atoms with E-state index in [2.05, 4.69) is 0 Å². The van der Waals surface area contributed by atoms with Crippen LogP contribution in [0.25, 0.3) is 0 Å². The third-order valence-corrected chi connectivity index (χ3v) is 11.8. The Labute approximate surface area is 206 Å². The molecule has 0 bridgehead atoms. The smallest absolute Gasteiger partial charge is 0.154 e. The van der Waals surface area contributed by atoms with E-state index in [9.17, 15) is 0 Å². The number of hydrogen-bond acceptors (Lipinski definition) is 2. The molecule has 28 heavy (non-hydrogen) atoms. The first kappa shape index (κ1) is 23.4. The lowest BCUT2D eigenvalue weighted by molar-refractivity contribution is -0.137. The van der Waals surface area contributed by atoms with Crippen LogP contribution in [0, 0.1) is 47.3 Å². The molecule has 0 amide bonds. The van der Waals surface area contributed by atoms with E-state index in [4.69, 9.17) is 102 Å². The van der Waals surface area contributed by atoms with Crippen molar-refractivity contribution < 1.29 is 9.47 Å². The molecule has 4 aliphatic carbocycles. The van der Waals surface area contributed by atoms with Gasteiger partial charge in [0.1, 0.15) is 17.3 Å². The van der Waals surface area contributed by atoms with Crippen molar-refractivity contribution in [1.82, 2.24) is 0 Å². The van der Waals surface area contributed by atoms with Crippen LogP contribution in [0.15, 0.2) is 0 Å². The molecule has 0 aromatic rings. The van der Waals surface area contributed by atoms with Crippen LogP contribution in [0.5, 0.6) is 0 Å². The Morgan fingerprint density at radius 2 is 0.893 bits per heavy atom. The first-order valence-electron chi connectivity index (χ1n) is 9.42. The number of rotatable bonds is 8. The Morgan fingerprint density at radius 3 is 1.14 bits per heavy atom. The molecule has 4 saturated carbocycles. The van der Waals surface area contributed by atoms with Gasteiger partial charge in [-0.25, -0.2) is 0 Å². The molecule has 4 fully saturated rings. The van der Waals surface area contributed by atoms with Gasteiger partial charge >= 0.3 is 0 Å². The molecule has 162 valence electrons. The lowest BCUT2D eigenvalue weighted by Crippen LogP contribution is -2.18. The fraction of sp³-hybridized carbons (Fsp3) is 1.00. The summed E-state index contributed by atoms with van der Waals surface area (Å²) in [6.45, 7) is 6.58. The van der Waals surface area contributed by atoms with Crippen molar-refractivity contribution in [2.45, 2.75) is 44.4 Å². The summed E-state index contributed by atoms with van der Waals surface area (Å²) in [5.41, 5.74) is 0. The van der Waals surface area contributed by atoms with Gasteiger partial charge in [0.25, 0.3) is 0 Å². The third kappa shape index (κ3) is 3.61. The zero-order valence-corrected chi connectivity index (χ0v) is 21.5. The highest BCUT2D eigenvalue weighted by Gasteiger charge is 2.78. The summed E-state index contributed by atoms with van der Waals surface area (Å²) in [7, 11) is 0. The van der Waals surface area contributed by atoms with Gasteiger partial charge in [0.15, 0.2) is 6.29 Å². The Kier molecular flexibility index (Phi) is 5.95. The second kappa shape index (κ2) is 7.12. The summed E-state index contributed by atoms with van der Waals surface area (Å²) in [4.78, 5) is 0. The van der Waals surface area contributed by atoms with Gasteiger partial charge in [0.2, 0.25) is 0 Å². The molecular formula is C18H22Cl8O2. The molecule has 0 radical (unpaired) electrons. The molecule has 0 aliphatic heterocycles. The average Bonchev–Trinajstić information content (AvgIpc) is 3.48. The lowest BCUT2D eigenvalue weighted by atomic mass is 10.2. The number of halogens is 8. The maximum Gasteiger partial charge on any atom is 0.154 e. The van der Waals surface area contributed by atoms with Gasteiger partial charge < -0.3 is 9.47 Å². The molecule has 0 spiro atoms. The summed E-state index contributed by atoms with van der Waals surface area (Å²) in [6, 6.07) is 0. The summed E-state index contributed by atoms with van der Waals surface area (Å²) in [6.07, 6.45) is -0.447. The molecule has 10 heteroatoms. The van der Waals surface area contributed by atoms with E-state index >= 15 is 0 Å². The summed E-state index contributed by atoms with van der Waals surface area (Å²) in [5.74, 6) is 0.512. The minimum atomic E-state index is -0.862. The van der Waals surface area contributed by atoms with Gasteiger partial charge in [0.05, 0.1) is 13.2 Å². The minimum Gasteiger partial charge on any atom is -0.353 e. The second-order valence-electron chi connectivity index (χ2n) is 8.83. The quantitative estimate of drug-likeness (QED) is 0.236. The van der Waals surface area contributed by atoms with E-state index in [1.165, 1.54) is 0 Å². The van der Waals surface area contributed by atoms with E-state index in [1.54, 1.807) is 0 Å². The van der Waals surface area contributed by atoms with Gasteiger partial charge in [-0.1, -0.05) is 13.8 Å². The van der Waals surface area contributed by atoms with Crippen LogP contribution in [-0.4, -0.2) is 36.8 Å². The zero-order valence-electron chi connectivity index (χ0n) is 15.5. The van der Waals surface area contributed by atoms with Gasteiger partial charge in [0, 0.05) is 35.5 Å². The molecular weight excluding hydrogens is 532 g/mol. The molecule has 0 N–H and O–H groups in total. The molecule has 8 unspecified atom stereocenters. The minimum absolute atomic E-state index is 0.0242. The third-order valence-electron chi connectivity index (χ3n) is 7.28. The van der Waals surface area contributed by atoms with Crippen LogP contribution in [0.1, 0.15) is 20.8 Å². The Morgan fingerprint density at radius 1 is 0.607 bits per heavy atom. The van der Waals surface area contributed by atoms with Crippen molar-refractivity contribution in [3.05, 3.63) is 0 Å². The van der Waals surface area contributed by atoms with Crippen LogP contribution in [0.4, 0.5) is 0 Å². The molecule has 8 atom stereocenters. The zero-order chi connectivity index (χ0) is 21.0. The van der Waals surface area contributed by atoms with Gasteiger partial charge in [-0.15, -0.1) is 92.8 Å². The molecule has 0 heterocycles. The lowest BCUT2D eigenvalue weighted by Gasteiger charge is -2.14. The predicted molar refractivity (Wildman–Crippen MR) is 118 cm³/mol. The fourth-order valence-corrected chi connectivity index (χ4v) is 8.17. The molecule has 0 aromatic carbocycles. The van der Waals surface area contributed by atoms with Crippen LogP contribution >= 0.6 is 92.8 Å². The van der Waals surface area contributed by atoms with Crippen molar-refractivity contribution in [1.29, 1.82) is 0 Å². The van der Waals surface area contributed by atoms with E-state index in [1.807, 2.05) is 20.8 Å². The molecule has 4 aliphatic rings. The maximum atomic E-state index is 6.43. The highest BCUT2D eigenvalue weighted by atomic mass is 35.5. The van der Waals surface area contributed by atoms with E-state index in [0.717, 1.165) is 0 Å². The van der Waals surface area contributed by atoms with Crippen LogP contribution in [-0.2, 0) is 9.47 Å². The van der Waals surface area contributed by atoms with E-state index in [0.29, 0.717) is 13.2 Å². The Hall–Kier alpha value is 2.24. The van der Waals surface area contributed by atoms with Crippen molar-refractivity contribution >= 4 is 92.8 Å². The number of ether oxygens (including phenoxy) is 2. The number of hydrogen-bond donors (Lipinski definition) is 0. The number of alkyl halides is 8. The van der Waals surface area contributed by atoms with Gasteiger partial charge in [-0.3, -0.25) is 0 Å². The normalized spacial score (nSPS) is 49.4. The first-order chi connectivity index (χ1) is 12.7. The van der Waals surface area contributed by atoms with Crippen LogP contribution in [0.3, 0.4) is 0 Å². The molecule has 0 saturated heterocycles. The standard InChI is InChI=1S/C18H22Cl8O2/c1-6-11(15(6,19)20)13-9(17(13,23)24)4-27-8(3)28-5-10-14(18(10,25)26)12-7(2)16(12,21)22/h6-14H,4-5H2,1-3H3. The summed E-state index contributed by atoms with van der Waals surface area (Å²) < 4.78 is 8.41. The topological polar surface area (TPSA) is 18.5 Å². The predicted octanol–water partition coefficient (Wildman–Crippen LogP) is 7.09. The monoisotopic (exact) mass is 550 g/mol. The van der Waals surface area contributed by atoms with Crippen LogP contribution in [0.2, 0.25) is 0 Å². The van der Waals surface area contributed by atoms with Crippen molar-refractivity contribution in [3.63, 3.8) is 0 Å². The van der Waals surface area contributed by atoms with Crippen molar-refractivity contribution in [3.8, 4) is 0 Å². The van der Waals surface area contributed by atoms with E-state index in [-0.39, 0.29) is 47.3 Å². The highest BCUT2D eigenvalue weighted by Crippen LogP contribution is 2.76. The van der Waals surface area contributed by atoms with Gasteiger partial charge in [-0.05, 0) is 18.8 Å². The molecule has 2 nitrogen and oxygen atoms in total. The van der Waals surface area contributed by atoms with E-state index < -0.39 is 23.6 Å². The second-order valence-corrected chi connectivity index (χ2v) is 14.6. The Balaban J connectivity index is 1.22. The largest absolute Gasteiger partial charge is 0.353 e. The van der Waals surface area contributed by atoms with Crippen molar-refractivity contribution in [2.24, 2.45) is 47.3 Å². The highest BCUT2D eigenvalue weighted by molar-refractivity contribution is 6.54. The summed E-state index contributed by atoms with van der Waals surface area (Å²) in [5, 5.41) is 0. The van der Waals surface area contributed by atoms with Crippen molar-refractivity contribution in [2.75, 3.05) is 13.2 Å². The van der Waals surface area contributed by atoms with Crippen LogP contribution < -0.4 is 0 Å². The summed E-state index contributed by atoms with van der Waals surface area (Å²) >= 11 is 50.8. The Bertz CT molecular complexity index is 599. The van der Waals surface area contributed by atoms with Gasteiger partial charge in [-0.2, -0.15) is 0 Å². The molecule has 4 rings (SSSR count). The fourth-order valence-electron chi connectivity index (χ4n) is 4.89.